The van der Waals surface area contributed by atoms with Crippen molar-refractivity contribution in [3.63, 3.8) is 0 Å². The molecule has 1 amide bonds. The monoisotopic (exact) mass is 556 g/mol. The lowest BCUT2D eigenvalue weighted by atomic mass is 10.0. The van der Waals surface area contributed by atoms with E-state index in [2.05, 4.69) is 19.2 Å². The fourth-order valence-electron chi connectivity index (χ4n) is 5.46. The minimum Gasteiger partial charge on any atom is -0.394 e. The third kappa shape index (κ3) is 27.3. The van der Waals surface area contributed by atoms with Crippen LogP contribution < -0.4 is 5.32 Å². The zero-order valence-electron chi connectivity index (χ0n) is 26.3. The van der Waals surface area contributed by atoms with Gasteiger partial charge in [-0.05, 0) is 12.8 Å². The van der Waals surface area contributed by atoms with E-state index < -0.39 is 18.2 Å². The van der Waals surface area contributed by atoms with Gasteiger partial charge in [0.2, 0.25) is 5.91 Å². The number of hydrogen-bond acceptors (Lipinski definition) is 4. The lowest BCUT2D eigenvalue weighted by Gasteiger charge is -2.23. The Hall–Kier alpha value is -0.650. The highest BCUT2D eigenvalue weighted by atomic mass is 16.3. The van der Waals surface area contributed by atoms with Crippen molar-refractivity contribution in [3.8, 4) is 0 Å². The van der Waals surface area contributed by atoms with Gasteiger partial charge in [-0.3, -0.25) is 4.79 Å². The quantitative estimate of drug-likeness (QED) is 0.0644. The molecule has 234 valence electrons. The van der Waals surface area contributed by atoms with Gasteiger partial charge in [0.15, 0.2) is 0 Å². The molecule has 0 saturated carbocycles. The molecule has 0 aromatic heterocycles. The van der Waals surface area contributed by atoms with Gasteiger partial charge in [-0.25, -0.2) is 0 Å². The Kier molecular flexibility index (Phi) is 29.8. The molecular weight excluding hydrogens is 486 g/mol. The molecule has 0 aliphatic heterocycles. The van der Waals surface area contributed by atoms with Gasteiger partial charge < -0.3 is 20.6 Å². The number of aliphatic hydroxyl groups is 3. The minimum atomic E-state index is -0.740. The zero-order valence-corrected chi connectivity index (χ0v) is 26.3. The molecule has 5 heteroatoms. The van der Waals surface area contributed by atoms with Crippen LogP contribution in [0.1, 0.15) is 187 Å². The van der Waals surface area contributed by atoms with Crippen LogP contribution in [0.15, 0.2) is 0 Å². The number of carbonyl (C=O) groups is 1. The van der Waals surface area contributed by atoms with Crippen LogP contribution in [0, 0.1) is 0 Å². The van der Waals surface area contributed by atoms with Crippen molar-refractivity contribution in [1.82, 2.24) is 5.32 Å². The standard InChI is InChI=1S/C34H69NO4/c1-3-5-7-9-11-13-15-16-18-20-22-24-26-28-33(38)32(30-36)35-34(39)29-31(37)27-25-23-21-19-17-14-12-10-8-6-4-2/h31-33,36-38H,3-30H2,1-2H3,(H,35,39)/t31-,32-,33+/m0/s1. The first-order valence-electron chi connectivity index (χ1n) is 17.3. The van der Waals surface area contributed by atoms with E-state index in [4.69, 9.17) is 0 Å². The van der Waals surface area contributed by atoms with Crippen LogP contribution in [0.2, 0.25) is 0 Å². The fraction of sp³-hybridized carbons (Fsp3) is 0.971. The highest BCUT2D eigenvalue weighted by molar-refractivity contribution is 5.76. The van der Waals surface area contributed by atoms with Gasteiger partial charge in [0.1, 0.15) is 0 Å². The molecule has 39 heavy (non-hydrogen) atoms. The second-order valence-electron chi connectivity index (χ2n) is 12.1. The molecule has 0 bridgehead atoms. The highest BCUT2D eigenvalue weighted by Gasteiger charge is 2.21. The van der Waals surface area contributed by atoms with E-state index in [0.29, 0.717) is 12.8 Å². The molecule has 0 saturated heterocycles. The van der Waals surface area contributed by atoms with Gasteiger partial charge in [-0.15, -0.1) is 0 Å². The van der Waals surface area contributed by atoms with E-state index in [1.165, 1.54) is 128 Å². The summed E-state index contributed by atoms with van der Waals surface area (Å²) in [4.78, 5) is 12.3. The van der Waals surface area contributed by atoms with E-state index in [9.17, 15) is 20.1 Å². The van der Waals surface area contributed by atoms with Crippen LogP contribution in [-0.2, 0) is 4.79 Å². The van der Waals surface area contributed by atoms with Crippen molar-refractivity contribution >= 4 is 5.91 Å². The predicted molar refractivity (Wildman–Crippen MR) is 167 cm³/mol. The first kappa shape index (κ1) is 38.4. The Bertz CT molecular complexity index is 502. The Morgan fingerprint density at radius 2 is 0.872 bits per heavy atom. The summed E-state index contributed by atoms with van der Waals surface area (Å²) in [6, 6.07) is -0.649. The van der Waals surface area contributed by atoms with Crippen LogP contribution >= 0.6 is 0 Å². The van der Waals surface area contributed by atoms with Gasteiger partial charge >= 0.3 is 0 Å². The molecule has 0 unspecified atom stereocenters. The number of unbranched alkanes of at least 4 members (excludes halogenated alkanes) is 22. The second kappa shape index (κ2) is 30.3. The van der Waals surface area contributed by atoms with Crippen LogP contribution in [0.4, 0.5) is 0 Å². The third-order valence-electron chi connectivity index (χ3n) is 8.17. The average Bonchev–Trinajstić information content (AvgIpc) is 2.92. The van der Waals surface area contributed by atoms with Crippen LogP contribution in [0.3, 0.4) is 0 Å². The smallest absolute Gasteiger partial charge is 0.222 e. The zero-order chi connectivity index (χ0) is 28.8. The summed E-state index contributed by atoms with van der Waals surface area (Å²) in [6.45, 7) is 4.24. The van der Waals surface area contributed by atoms with Crippen LogP contribution in [-0.4, -0.2) is 46.1 Å². The maximum Gasteiger partial charge on any atom is 0.222 e. The van der Waals surface area contributed by atoms with E-state index in [-0.39, 0.29) is 18.9 Å². The van der Waals surface area contributed by atoms with Gasteiger partial charge in [-0.1, -0.05) is 168 Å². The summed E-state index contributed by atoms with van der Waals surface area (Å²) in [5.41, 5.74) is 0. The first-order valence-corrected chi connectivity index (χ1v) is 17.3. The fourth-order valence-corrected chi connectivity index (χ4v) is 5.46. The Morgan fingerprint density at radius 1 is 0.538 bits per heavy atom. The van der Waals surface area contributed by atoms with Gasteiger partial charge in [0.05, 0.1) is 31.3 Å². The number of carbonyl (C=O) groups excluding carboxylic acids is 1. The van der Waals surface area contributed by atoms with E-state index in [1.807, 2.05) is 0 Å². The largest absolute Gasteiger partial charge is 0.394 e. The van der Waals surface area contributed by atoms with Crippen LogP contribution in [0.5, 0.6) is 0 Å². The molecule has 5 nitrogen and oxygen atoms in total. The molecule has 3 atom stereocenters. The van der Waals surface area contributed by atoms with Crippen LogP contribution in [0.25, 0.3) is 0 Å². The first-order chi connectivity index (χ1) is 19.0. The summed E-state index contributed by atoms with van der Waals surface area (Å²) in [6.07, 6.45) is 30.5. The van der Waals surface area contributed by atoms with Gasteiger partial charge in [0, 0.05) is 0 Å². The summed E-state index contributed by atoms with van der Waals surface area (Å²) >= 11 is 0. The normalized spacial score (nSPS) is 13.9. The number of rotatable bonds is 31. The summed E-state index contributed by atoms with van der Waals surface area (Å²) in [5.74, 6) is -0.283. The third-order valence-corrected chi connectivity index (χ3v) is 8.17. The lowest BCUT2D eigenvalue weighted by molar-refractivity contribution is -0.125. The van der Waals surface area contributed by atoms with E-state index in [0.717, 1.165) is 25.7 Å². The molecule has 0 spiro atoms. The van der Waals surface area contributed by atoms with Crippen molar-refractivity contribution in [1.29, 1.82) is 0 Å². The number of aliphatic hydroxyl groups excluding tert-OH is 3. The van der Waals surface area contributed by atoms with Gasteiger partial charge in [0.25, 0.3) is 0 Å². The molecule has 4 N–H and O–H groups in total. The Labute approximate surface area is 243 Å². The number of nitrogens with one attached hydrogen (secondary N) is 1. The molecule has 0 rings (SSSR count). The SMILES string of the molecule is CCCCCCCCCCCCCCC[C@@H](O)[C@H](CO)NC(=O)C[C@@H](O)CCCCCCCCCCCCC. The maximum absolute atomic E-state index is 12.3. The lowest BCUT2D eigenvalue weighted by Crippen LogP contribution is -2.46. The van der Waals surface area contributed by atoms with Crippen molar-refractivity contribution in [2.45, 2.75) is 205 Å². The molecule has 0 aromatic rings. The van der Waals surface area contributed by atoms with E-state index in [1.54, 1.807) is 0 Å². The van der Waals surface area contributed by atoms with Gasteiger partial charge in [-0.2, -0.15) is 0 Å². The number of amides is 1. The molecular formula is C34H69NO4. The highest BCUT2D eigenvalue weighted by Crippen LogP contribution is 2.15. The number of hydrogen-bond donors (Lipinski definition) is 4. The molecule has 0 heterocycles. The molecule has 0 aliphatic rings. The Balaban J connectivity index is 3.68. The maximum atomic E-state index is 12.3. The topological polar surface area (TPSA) is 89.8 Å². The summed E-state index contributed by atoms with van der Waals surface area (Å²) in [7, 11) is 0. The molecule has 0 aromatic carbocycles. The summed E-state index contributed by atoms with van der Waals surface area (Å²) < 4.78 is 0. The Morgan fingerprint density at radius 3 is 1.23 bits per heavy atom. The van der Waals surface area contributed by atoms with Crippen molar-refractivity contribution < 1.29 is 20.1 Å². The molecule has 0 fully saturated rings. The van der Waals surface area contributed by atoms with Crippen molar-refractivity contribution in [2.75, 3.05) is 6.61 Å². The average molecular weight is 556 g/mol. The van der Waals surface area contributed by atoms with E-state index >= 15 is 0 Å². The van der Waals surface area contributed by atoms with Crippen molar-refractivity contribution in [2.24, 2.45) is 0 Å². The molecule has 0 aliphatic carbocycles. The minimum absolute atomic E-state index is 0.0414. The second-order valence-corrected chi connectivity index (χ2v) is 12.1. The summed E-state index contributed by atoms with van der Waals surface area (Å²) in [5, 5.41) is 33.1. The molecule has 0 radical (unpaired) electrons. The van der Waals surface area contributed by atoms with Crippen molar-refractivity contribution in [3.05, 3.63) is 0 Å². The predicted octanol–water partition coefficient (Wildman–Crippen LogP) is 8.76.